The van der Waals surface area contributed by atoms with Gasteiger partial charge in [0.25, 0.3) is 0 Å². The van der Waals surface area contributed by atoms with Gasteiger partial charge in [0.05, 0.1) is 0 Å². The van der Waals surface area contributed by atoms with Gasteiger partial charge in [-0.05, 0) is 87.4 Å². The molecular formula is C31H41BrN2S. The summed E-state index contributed by atoms with van der Waals surface area (Å²) in [7, 11) is 0. The molecule has 0 amide bonds. The lowest BCUT2D eigenvalue weighted by Gasteiger charge is -2.22. The zero-order valence-corrected chi connectivity index (χ0v) is 24.6. The van der Waals surface area contributed by atoms with Crippen molar-refractivity contribution in [2.75, 3.05) is 19.6 Å². The molecule has 35 heavy (non-hydrogen) atoms. The molecule has 2 nitrogen and oxygen atoms in total. The van der Waals surface area contributed by atoms with Gasteiger partial charge in [-0.15, -0.1) is 11.3 Å². The SMILES string of the molecule is CC(C)(C)c1ccc(-c2sc(CNCC3CCNCC3)c(Br)c2-c2ccc(C(C)(C)C)cc2)cc1. The predicted octanol–water partition coefficient (Wildman–Crippen LogP) is 8.53. The van der Waals surface area contributed by atoms with Crippen LogP contribution >= 0.6 is 27.3 Å². The monoisotopic (exact) mass is 552 g/mol. The maximum atomic E-state index is 4.03. The summed E-state index contributed by atoms with van der Waals surface area (Å²) in [4.78, 5) is 2.73. The second-order valence-electron chi connectivity index (χ2n) is 12.0. The Bertz CT molecular complexity index is 1110. The molecule has 188 valence electrons. The lowest BCUT2D eigenvalue weighted by atomic mass is 9.85. The van der Waals surface area contributed by atoms with Crippen molar-refractivity contribution in [2.45, 2.75) is 71.8 Å². The highest BCUT2D eigenvalue weighted by Gasteiger charge is 2.22. The fourth-order valence-electron chi connectivity index (χ4n) is 4.77. The Morgan fingerprint density at radius 3 is 1.86 bits per heavy atom. The van der Waals surface area contributed by atoms with E-state index in [-0.39, 0.29) is 10.8 Å². The van der Waals surface area contributed by atoms with Crippen molar-refractivity contribution in [1.82, 2.24) is 10.6 Å². The molecule has 1 fully saturated rings. The van der Waals surface area contributed by atoms with Crippen molar-refractivity contribution in [3.05, 3.63) is 69.0 Å². The largest absolute Gasteiger partial charge is 0.317 e. The van der Waals surface area contributed by atoms with Gasteiger partial charge in [0, 0.05) is 26.3 Å². The van der Waals surface area contributed by atoms with Crippen LogP contribution in [0.25, 0.3) is 21.6 Å². The van der Waals surface area contributed by atoms with Gasteiger partial charge in [-0.2, -0.15) is 0 Å². The summed E-state index contributed by atoms with van der Waals surface area (Å²) in [6.45, 7) is 18.0. The Kier molecular flexibility index (Phi) is 8.27. The number of nitrogens with one attached hydrogen (secondary N) is 2. The van der Waals surface area contributed by atoms with Crippen molar-refractivity contribution in [1.29, 1.82) is 0 Å². The smallest absolute Gasteiger partial charge is 0.0436 e. The van der Waals surface area contributed by atoms with E-state index < -0.39 is 0 Å². The van der Waals surface area contributed by atoms with Crippen LogP contribution in [0, 0.1) is 5.92 Å². The molecule has 1 aliphatic heterocycles. The maximum absolute atomic E-state index is 4.03. The van der Waals surface area contributed by atoms with E-state index in [1.54, 1.807) is 0 Å². The minimum Gasteiger partial charge on any atom is -0.317 e. The van der Waals surface area contributed by atoms with Gasteiger partial charge in [0.2, 0.25) is 0 Å². The average Bonchev–Trinajstić information content (AvgIpc) is 3.15. The van der Waals surface area contributed by atoms with Crippen LogP contribution in [0.5, 0.6) is 0 Å². The molecule has 0 radical (unpaired) electrons. The van der Waals surface area contributed by atoms with Gasteiger partial charge < -0.3 is 10.6 Å². The quantitative estimate of drug-likeness (QED) is 0.320. The maximum Gasteiger partial charge on any atom is 0.0436 e. The van der Waals surface area contributed by atoms with E-state index >= 15 is 0 Å². The van der Waals surface area contributed by atoms with Crippen molar-refractivity contribution < 1.29 is 0 Å². The van der Waals surface area contributed by atoms with E-state index in [1.165, 1.54) is 54.9 Å². The van der Waals surface area contributed by atoms with Crippen molar-refractivity contribution in [2.24, 2.45) is 5.92 Å². The van der Waals surface area contributed by atoms with E-state index in [0.29, 0.717) is 0 Å². The van der Waals surface area contributed by atoms with Crippen LogP contribution in [-0.4, -0.2) is 19.6 Å². The summed E-state index contributed by atoms with van der Waals surface area (Å²) in [6, 6.07) is 18.4. The van der Waals surface area contributed by atoms with Crippen LogP contribution in [-0.2, 0) is 17.4 Å². The number of hydrogen-bond donors (Lipinski definition) is 2. The Hall–Kier alpha value is -1.46. The summed E-state index contributed by atoms with van der Waals surface area (Å²) in [5, 5.41) is 7.24. The third-order valence-corrected chi connectivity index (χ3v) is 9.52. The molecule has 4 rings (SSSR count). The van der Waals surface area contributed by atoms with Gasteiger partial charge in [0.15, 0.2) is 0 Å². The fraction of sp³-hybridized carbons (Fsp3) is 0.484. The van der Waals surface area contributed by atoms with E-state index in [9.17, 15) is 0 Å². The Labute approximate surface area is 225 Å². The van der Waals surface area contributed by atoms with Gasteiger partial charge in [-0.25, -0.2) is 0 Å². The van der Waals surface area contributed by atoms with Gasteiger partial charge in [-0.3, -0.25) is 0 Å². The Morgan fingerprint density at radius 1 is 0.829 bits per heavy atom. The minimum absolute atomic E-state index is 0.153. The van der Waals surface area contributed by atoms with Crippen LogP contribution in [0.4, 0.5) is 0 Å². The highest BCUT2D eigenvalue weighted by Crippen LogP contribution is 2.46. The summed E-state index contributed by atoms with van der Waals surface area (Å²) in [6.07, 6.45) is 2.55. The van der Waals surface area contributed by atoms with Crippen molar-refractivity contribution in [3.8, 4) is 21.6 Å². The summed E-state index contributed by atoms with van der Waals surface area (Å²) in [5.41, 5.74) is 6.94. The third-order valence-electron chi connectivity index (χ3n) is 7.15. The van der Waals surface area contributed by atoms with Gasteiger partial charge in [0.1, 0.15) is 0 Å². The molecule has 3 aromatic rings. The second-order valence-corrected chi connectivity index (χ2v) is 13.9. The number of rotatable bonds is 6. The van der Waals surface area contributed by atoms with E-state index in [1.807, 2.05) is 11.3 Å². The molecule has 1 saturated heterocycles. The number of hydrogen-bond acceptors (Lipinski definition) is 3. The van der Waals surface area contributed by atoms with Crippen LogP contribution in [0.15, 0.2) is 53.0 Å². The van der Waals surface area contributed by atoms with Crippen molar-refractivity contribution in [3.63, 3.8) is 0 Å². The first kappa shape index (κ1) is 26.6. The van der Waals surface area contributed by atoms with Crippen LogP contribution < -0.4 is 10.6 Å². The normalized spacial score (nSPS) is 15.5. The van der Waals surface area contributed by atoms with Gasteiger partial charge >= 0.3 is 0 Å². The highest BCUT2D eigenvalue weighted by atomic mass is 79.9. The molecule has 2 N–H and O–H groups in total. The molecule has 2 heterocycles. The molecule has 0 saturated carbocycles. The molecule has 1 aliphatic rings. The molecule has 0 aliphatic carbocycles. The average molecular weight is 554 g/mol. The highest BCUT2D eigenvalue weighted by molar-refractivity contribution is 9.10. The van der Waals surface area contributed by atoms with E-state index in [0.717, 1.165) is 32.1 Å². The zero-order valence-electron chi connectivity index (χ0n) is 22.2. The molecular weight excluding hydrogens is 512 g/mol. The van der Waals surface area contributed by atoms with Crippen LogP contribution in [0.2, 0.25) is 0 Å². The summed E-state index contributed by atoms with van der Waals surface area (Å²) < 4.78 is 1.23. The lowest BCUT2D eigenvalue weighted by Crippen LogP contribution is -2.33. The standard InChI is InChI=1S/C31H41BrN2S/c1-30(2,3)24-11-7-22(8-12-24)27-28(32)26(20-34-19-21-15-17-33-18-16-21)35-29(27)23-9-13-25(14-10-23)31(4,5)6/h7-14,21,33-34H,15-20H2,1-6H3. The number of thiophene rings is 1. The zero-order chi connectivity index (χ0) is 25.2. The van der Waals surface area contributed by atoms with Crippen LogP contribution in [0.1, 0.15) is 70.4 Å². The molecule has 0 spiro atoms. The third kappa shape index (κ3) is 6.46. The van der Waals surface area contributed by atoms with Gasteiger partial charge in [-0.1, -0.05) is 90.1 Å². The predicted molar refractivity (Wildman–Crippen MR) is 158 cm³/mol. The fourth-order valence-corrected chi connectivity index (χ4v) is 6.90. The minimum atomic E-state index is 0.153. The number of benzene rings is 2. The summed E-state index contributed by atoms with van der Waals surface area (Å²) >= 11 is 5.95. The lowest BCUT2D eigenvalue weighted by molar-refractivity contribution is 0.357. The molecule has 1 aromatic heterocycles. The molecule has 4 heteroatoms. The molecule has 2 aromatic carbocycles. The van der Waals surface area contributed by atoms with Crippen LogP contribution in [0.3, 0.4) is 0 Å². The van der Waals surface area contributed by atoms with E-state index in [2.05, 4.69) is 117 Å². The second kappa shape index (κ2) is 10.9. The molecule has 0 unspecified atom stereocenters. The first-order chi connectivity index (χ1) is 16.5. The van der Waals surface area contributed by atoms with E-state index in [4.69, 9.17) is 0 Å². The van der Waals surface area contributed by atoms with Crippen molar-refractivity contribution >= 4 is 27.3 Å². The number of piperidine rings is 1. The topological polar surface area (TPSA) is 24.1 Å². The Morgan fingerprint density at radius 2 is 1.34 bits per heavy atom. The molecule has 0 atom stereocenters. The number of halogens is 1. The summed E-state index contributed by atoms with van der Waals surface area (Å²) in [5.74, 6) is 0.781. The Balaban J connectivity index is 1.67. The first-order valence-electron chi connectivity index (χ1n) is 13.0. The molecule has 0 bridgehead atoms. The first-order valence-corrected chi connectivity index (χ1v) is 14.6.